The fraction of sp³-hybridized carbons (Fsp3) is 0.455. The van der Waals surface area contributed by atoms with Gasteiger partial charge in [-0.3, -0.25) is 0 Å². The zero-order chi connectivity index (χ0) is 19.6. The van der Waals surface area contributed by atoms with E-state index in [0.717, 1.165) is 29.9 Å². The van der Waals surface area contributed by atoms with Crippen LogP contribution in [0.3, 0.4) is 0 Å². The molecule has 2 aromatic carbocycles. The van der Waals surface area contributed by atoms with Gasteiger partial charge in [-0.15, -0.1) is 0 Å². The highest BCUT2D eigenvalue weighted by Crippen LogP contribution is 2.48. The molecule has 0 saturated heterocycles. The third-order valence-corrected chi connectivity index (χ3v) is 5.46. The second-order valence-corrected chi connectivity index (χ2v) is 6.86. The Kier molecular flexibility index (Phi) is 5.68. The van der Waals surface area contributed by atoms with Gasteiger partial charge in [0.15, 0.2) is 23.0 Å². The van der Waals surface area contributed by atoms with Crippen LogP contribution in [-0.4, -0.2) is 35.5 Å². The van der Waals surface area contributed by atoms with Crippen LogP contribution < -0.4 is 23.7 Å². The Hall–Kier alpha value is -2.56. The summed E-state index contributed by atoms with van der Waals surface area (Å²) in [5.41, 5.74) is 3.70. The number of ether oxygens (including phenoxy) is 5. The molecule has 27 heavy (non-hydrogen) atoms. The molecule has 0 unspecified atom stereocenters. The molecule has 5 heteroatoms. The van der Waals surface area contributed by atoms with Crippen molar-refractivity contribution in [3.63, 3.8) is 0 Å². The van der Waals surface area contributed by atoms with E-state index in [1.54, 1.807) is 35.5 Å². The van der Waals surface area contributed by atoms with Crippen molar-refractivity contribution in [1.29, 1.82) is 0 Å². The van der Waals surface area contributed by atoms with Crippen molar-refractivity contribution < 1.29 is 23.7 Å². The molecule has 0 aliphatic heterocycles. The van der Waals surface area contributed by atoms with Gasteiger partial charge in [0.1, 0.15) is 0 Å². The van der Waals surface area contributed by atoms with Crippen molar-refractivity contribution >= 4 is 0 Å². The zero-order valence-electron chi connectivity index (χ0n) is 16.9. The molecule has 0 N–H and O–H groups in total. The number of hydrogen-bond acceptors (Lipinski definition) is 5. The fourth-order valence-corrected chi connectivity index (χ4v) is 4.09. The first-order valence-corrected chi connectivity index (χ1v) is 9.12. The minimum Gasteiger partial charge on any atom is -0.493 e. The number of fused-ring (bicyclic) bond motifs is 1. The van der Waals surface area contributed by atoms with Gasteiger partial charge in [0.25, 0.3) is 0 Å². The predicted octanol–water partition coefficient (Wildman–Crippen LogP) is 4.44. The van der Waals surface area contributed by atoms with E-state index in [2.05, 4.69) is 19.1 Å². The summed E-state index contributed by atoms with van der Waals surface area (Å²) in [4.78, 5) is 0. The van der Waals surface area contributed by atoms with E-state index in [1.807, 2.05) is 12.1 Å². The van der Waals surface area contributed by atoms with Gasteiger partial charge in [-0.25, -0.2) is 0 Å². The summed E-state index contributed by atoms with van der Waals surface area (Å²) in [7, 11) is 8.26. The largest absolute Gasteiger partial charge is 0.493 e. The van der Waals surface area contributed by atoms with Gasteiger partial charge in [0, 0.05) is 5.92 Å². The van der Waals surface area contributed by atoms with Gasteiger partial charge in [0.2, 0.25) is 5.75 Å². The van der Waals surface area contributed by atoms with Gasteiger partial charge in [-0.2, -0.15) is 0 Å². The standard InChI is InChI=1S/C22H28O5/c1-13-7-8-14-9-17(23-2)18(24-3)12-16(14)21(13)15-10-19(25-4)22(27-6)20(11-15)26-5/h9-13,21H,7-8H2,1-6H3/t13-,21-/m1/s1. The van der Waals surface area contributed by atoms with Gasteiger partial charge in [-0.05, 0) is 59.7 Å². The molecule has 3 rings (SSSR count). The SMILES string of the molecule is COc1cc2c(cc1OC)[C@@H](c1cc(OC)c(OC)c(OC)c1)[C@H](C)CC2. The fourth-order valence-electron chi connectivity index (χ4n) is 4.09. The van der Waals surface area contributed by atoms with Crippen molar-refractivity contribution in [3.8, 4) is 28.7 Å². The Bertz CT molecular complexity index is 790. The maximum Gasteiger partial charge on any atom is 0.203 e. The first-order valence-electron chi connectivity index (χ1n) is 9.12. The van der Waals surface area contributed by atoms with Crippen LogP contribution in [0, 0.1) is 5.92 Å². The number of hydrogen-bond donors (Lipinski definition) is 0. The first kappa shape index (κ1) is 19.2. The lowest BCUT2D eigenvalue weighted by atomic mass is 9.72. The van der Waals surface area contributed by atoms with Crippen molar-refractivity contribution in [2.24, 2.45) is 5.92 Å². The summed E-state index contributed by atoms with van der Waals surface area (Å²) >= 11 is 0. The summed E-state index contributed by atoms with van der Waals surface area (Å²) in [6.45, 7) is 2.29. The molecule has 5 nitrogen and oxygen atoms in total. The third kappa shape index (κ3) is 3.38. The van der Waals surface area contributed by atoms with E-state index in [-0.39, 0.29) is 5.92 Å². The minimum atomic E-state index is 0.210. The molecule has 146 valence electrons. The monoisotopic (exact) mass is 372 g/mol. The Morgan fingerprint density at radius 1 is 0.704 bits per heavy atom. The topological polar surface area (TPSA) is 46.2 Å². The summed E-state index contributed by atoms with van der Waals surface area (Å²) in [5.74, 6) is 4.16. The van der Waals surface area contributed by atoms with E-state index < -0.39 is 0 Å². The predicted molar refractivity (Wildman–Crippen MR) is 105 cm³/mol. The Balaban J connectivity index is 2.18. The lowest BCUT2D eigenvalue weighted by Gasteiger charge is -2.33. The van der Waals surface area contributed by atoms with Crippen LogP contribution in [0.4, 0.5) is 0 Å². The molecule has 0 spiro atoms. The second-order valence-electron chi connectivity index (χ2n) is 6.86. The number of benzene rings is 2. The van der Waals surface area contributed by atoms with Crippen LogP contribution in [0.5, 0.6) is 28.7 Å². The normalized spacial score (nSPS) is 18.4. The highest BCUT2D eigenvalue weighted by atomic mass is 16.5. The lowest BCUT2D eigenvalue weighted by molar-refractivity contribution is 0.322. The van der Waals surface area contributed by atoms with E-state index in [4.69, 9.17) is 23.7 Å². The highest BCUT2D eigenvalue weighted by Gasteiger charge is 2.31. The van der Waals surface area contributed by atoms with Crippen LogP contribution in [-0.2, 0) is 6.42 Å². The van der Waals surface area contributed by atoms with Gasteiger partial charge in [0.05, 0.1) is 35.5 Å². The van der Waals surface area contributed by atoms with E-state index in [9.17, 15) is 0 Å². The molecule has 0 radical (unpaired) electrons. The molecule has 0 saturated carbocycles. The molecule has 0 amide bonds. The van der Waals surface area contributed by atoms with Crippen molar-refractivity contribution in [2.75, 3.05) is 35.5 Å². The summed E-state index contributed by atoms with van der Waals surface area (Å²) < 4.78 is 27.7. The molecule has 2 atom stereocenters. The van der Waals surface area contributed by atoms with Crippen LogP contribution in [0.15, 0.2) is 24.3 Å². The third-order valence-electron chi connectivity index (χ3n) is 5.46. The minimum absolute atomic E-state index is 0.210. The number of aryl methyl sites for hydroxylation is 1. The smallest absolute Gasteiger partial charge is 0.203 e. The Morgan fingerprint density at radius 3 is 1.78 bits per heavy atom. The number of methoxy groups -OCH3 is 5. The average molecular weight is 372 g/mol. The molecule has 2 aromatic rings. The quantitative estimate of drug-likeness (QED) is 0.750. The molecule has 0 aromatic heterocycles. The van der Waals surface area contributed by atoms with Crippen molar-refractivity contribution in [3.05, 3.63) is 41.0 Å². The lowest BCUT2D eigenvalue weighted by Crippen LogP contribution is -2.20. The van der Waals surface area contributed by atoms with Crippen LogP contribution >= 0.6 is 0 Å². The summed E-state index contributed by atoms with van der Waals surface area (Å²) in [5, 5.41) is 0. The molecular weight excluding hydrogens is 344 g/mol. The summed E-state index contributed by atoms with van der Waals surface area (Å²) in [6.07, 6.45) is 2.13. The van der Waals surface area contributed by atoms with Crippen molar-refractivity contribution in [1.82, 2.24) is 0 Å². The molecule has 0 heterocycles. The first-order chi connectivity index (χ1) is 13.1. The molecule has 1 aliphatic carbocycles. The van der Waals surface area contributed by atoms with Gasteiger partial charge >= 0.3 is 0 Å². The zero-order valence-corrected chi connectivity index (χ0v) is 16.9. The van der Waals surface area contributed by atoms with Crippen LogP contribution in [0.25, 0.3) is 0 Å². The molecular formula is C22H28O5. The maximum atomic E-state index is 5.57. The van der Waals surface area contributed by atoms with Crippen molar-refractivity contribution in [2.45, 2.75) is 25.7 Å². The molecule has 0 bridgehead atoms. The number of rotatable bonds is 6. The van der Waals surface area contributed by atoms with Gasteiger partial charge in [-0.1, -0.05) is 6.92 Å². The molecule has 0 fully saturated rings. The molecule has 1 aliphatic rings. The summed E-state index contributed by atoms with van der Waals surface area (Å²) in [6, 6.07) is 8.31. The Labute approximate surface area is 161 Å². The maximum absolute atomic E-state index is 5.57. The average Bonchev–Trinajstić information content (AvgIpc) is 2.71. The van der Waals surface area contributed by atoms with E-state index in [0.29, 0.717) is 23.2 Å². The highest BCUT2D eigenvalue weighted by molar-refractivity contribution is 5.58. The van der Waals surface area contributed by atoms with E-state index >= 15 is 0 Å². The Morgan fingerprint density at radius 2 is 1.26 bits per heavy atom. The van der Waals surface area contributed by atoms with Gasteiger partial charge < -0.3 is 23.7 Å². The second kappa shape index (κ2) is 7.99. The van der Waals surface area contributed by atoms with E-state index in [1.165, 1.54) is 11.1 Å². The van der Waals surface area contributed by atoms with Crippen LogP contribution in [0.1, 0.15) is 36.0 Å². The van der Waals surface area contributed by atoms with Crippen LogP contribution in [0.2, 0.25) is 0 Å².